The van der Waals surface area contributed by atoms with Crippen LogP contribution >= 0.6 is 15.9 Å². The molecule has 19 heavy (non-hydrogen) atoms. The molecule has 0 aromatic carbocycles. The number of aromatic nitrogens is 3. The molecule has 3 heterocycles. The molecule has 0 bridgehead atoms. The van der Waals surface area contributed by atoms with Gasteiger partial charge in [0.1, 0.15) is 4.60 Å². The Labute approximate surface area is 120 Å². The van der Waals surface area contributed by atoms with Gasteiger partial charge in [-0.05, 0) is 42.3 Å². The summed E-state index contributed by atoms with van der Waals surface area (Å²) in [6.07, 6.45) is 2.41. The smallest absolute Gasteiger partial charge is 0.160 e. The molecule has 2 aromatic heterocycles. The molecule has 1 N–H and O–H groups in total. The molecule has 1 saturated heterocycles. The molecule has 1 atom stereocenters. The van der Waals surface area contributed by atoms with Gasteiger partial charge in [0.2, 0.25) is 0 Å². The molecule has 0 spiro atoms. The first-order valence-corrected chi connectivity index (χ1v) is 7.32. The average Bonchev–Trinajstić information content (AvgIpc) is 2.92. The predicted octanol–water partition coefficient (Wildman–Crippen LogP) is 2.35. The van der Waals surface area contributed by atoms with Gasteiger partial charge >= 0.3 is 0 Å². The number of rotatable bonds is 2. The fourth-order valence-electron chi connectivity index (χ4n) is 2.55. The Bertz CT molecular complexity index is 610. The van der Waals surface area contributed by atoms with Gasteiger partial charge in [0.05, 0.1) is 17.0 Å². The average molecular weight is 325 g/mol. The van der Waals surface area contributed by atoms with Gasteiger partial charge in [0.15, 0.2) is 5.82 Å². The maximum Gasteiger partial charge on any atom is 0.160 e. The van der Waals surface area contributed by atoms with Crippen molar-refractivity contribution in [2.75, 3.05) is 18.0 Å². The van der Waals surface area contributed by atoms with Crippen LogP contribution in [0.15, 0.2) is 16.9 Å². The van der Waals surface area contributed by atoms with E-state index in [-0.39, 0.29) is 12.1 Å². The highest BCUT2D eigenvalue weighted by molar-refractivity contribution is 9.10. The van der Waals surface area contributed by atoms with Gasteiger partial charge in [0.25, 0.3) is 0 Å². The third-order valence-electron chi connectivity index (χ3n) is 3.49. The van der Waals surface area contributed by atoms with Crippen LogP contribution in [0, 0.1) is 0 Å². The monoisotopic (exact) mass is 324 g/mol. The summed E-state index contributed by atoms with van der Waals surface area (Å²) < 4.78 is 2.83. The molecule has 5 nitrogen and oxygen atoms in total. The van der Waals surface area contributed by atoms with E-state index in [0.29, 0.717) is 6.54 Å². The largest absolute Gasteiger partial charge is 0.391 e. The highest BCUT2D eigenvalue weighted by atomic mass is 79.9. The molecule has 102 valence electrons. The minimum absolute atomic E-state index is 0.248. The van der Waals surface area contributed by atoms with E-state index < -0.39 is 0 Å². The highest BCUT2D eigenvalue weighted by Gasteiger charge is 2.25. The molecule has 0 amide bonds. The molecule has 1 aliphatic rings. The topological polar surface area (TPSA) is 54.2 Å². The van der Waals surface area contributed by atoms with Crippen molar-refractivity contribution in [3.63, 3.8) is 0 Å². The second-order valence-corrected chi connectivity index (χ2v) is 6.09. The molecule has 1 unspecified atom stereocenters. The number of aliphatic hydroxyl groups is 1. The molecule has 0 aliphatic carbocycles. The van der Waals surface area contributed by atoms with Crippen LogP contribution in [0.5, 0.6) is 0 Å². The predicted molar refractivity (Wildman–Crippen MR) is 78.4 cm³/mol. The molecular formula is C13H17BrN4O. The fraction of sp³-hybridized carbons (Fsp3) is 0.538. The third kappa shape index (κ3) is 2.23. The highest BCUT2D eigenvalue weighted by Crippen LogP contribution is 2.31. The van der Waals surface area contributed by atoms with Crippen molar-refractivity contribution in [3.8, 4) is 0 Å². The van der Waals surface area contributed by atoms with E-state index in [1.165, 1.54) is 0 Å². The second-order valence-electron chi connectivity index (χ2n) is 5.27. The van der Waals surface area contributed by atoms with Crippen LogP contribution in [0.2, 0.25) is 0 Å². The number of anilines is 1. The van der Waals surface area contributed by atoms with Crippen molar-refractivity contribution in [2.24, 2.45) is 0 Å². The van der Waals surface area contributed by atoms with Gasteiger partial charge < -0.3 is 10.0 Å². The minimum atomic E-state index is -0.248. The lowest BCUT2D eigenvalue weighted by atomic mass is 10.3. The summed E-state index contributed by atoms with van der Waals surface area (Å²) >= 11 is 3.41. The van der Waals surface area contributed by atoms with Crippen LogP contribution < -0.4 is 4.90 Å². The number of hydrogen-bond donors (Lipinski definition) is 1. The number of halogens is 1. The first kappa shape index (κ1) is 12.9. The van der Waals surface area contributed by atoms with E-state index in [9.17, 15) is 5.11 Å². The lowest BCUT2D eigenvalue weighted by Crippen LogP contribution is -2.22. The van der Waals surface area contributed by atoms with Gasteiger partial charge in [-0.3, -0.25) is 4.68 Å². The zero-order valence-corrected chi connectivity index (χ0v) is 12.6. The van der Waals surface area contributed by atoms with E-state index in [1.54, 1.807) is 0 Å². The van der Waals surface area contributed by atoms with E-state index in [2.05, 4.69) is 39.7 Å². The summed E-state index contributed by atoms with van der Waals surface area (Å²) in [5.41, 5.74) is 1.08. The first-order valence-electron chi connectivity index (χ1n) is 6.53. The van der Waals surface area contributed by atoms with Crippen molar-refractivity contribution < 1.29 is 5.11 Å². The normalized spacial score (nSPS) is 19.8. The van der Waals surface area contributed by atoms with Crippen LogP contribution in [0.3, 0.4) is 0 Å². The Kier molecular flexibility index (Phi) is 3.22. The number of aliphatic hydroxyl groups excluding tert-OH is 1. The lowest BCUT2D eigenvalue weighted by molar-refractivity contribution is 0.198. The Morgan fingerprint density at radius 1 is 1.47 bits per heavy atom. The molecule has 3 rings (SSSR count). The summed E-state index contributed by atoms with van der Waals surface area (Å²) in [4.78, 5) is 6.45. The Morgan fingerprint density at radius 3 is 2.89 bits per heavy atom. The molecule has 0 saturated carbocycles. The van der Waals surface area contributed by atoms with E-state index >= 15 is 0 Å². The van der Waals surface area contributed by atoms with Gasteiger partial charge in [-0.1, -0.05) is 0 Å². The van der Waals surface area contributed by atoms with Crippen LogP contribution in [-0.2, 0) is 0 Å². The Morgan fingerprint density at radius 2 is 2.26 bits per heavy atom. The maximum absolute atomic E-state index is 9.69. The number of hydrogen-bond acceptors (Lipinski definition) is 4. The first-order chi connectivity index (χ1) is 9.06. The van der Waals surface area contributed by atoms with Crippen molar-refractivity contribution in [1.29, 1.82) is 0 Å². The molecule has 0 radical (unpaired) electrons. The molecule has 1 aliphatic heterocycles. The van der Waals surface area contributed by atoms with Gasteiger partial charge in [-0.15, -0.1) is 0 Å². The summed E-state index contributed by atoms with van der Waals surface area (Å²) in [5.74, 6) is 0.931. The second kappa shape index (κ2) is 4.76. The van der Waals surface area contributed by atoms with Gasteiger partial charge in [-0.25, -0.2) is 4.98 Å². The molecule has 6 heteroatoms. The zero-order valence-electron chi connectivity index (χ0n) is 11.0. The molecule has 1 fully saturated rings. The number of β-amino-alcohol motifs (C(OH)–C–C–N with tert-alkyl or cyclic N) is 1. The fourth-order valence-corrected chi connectivity index (χ4v) is 2.87. The van der Waals surface area contributed by atoms with Gasteiger partial charge in [-0.2, -0.15) is 5.10 Å². The third-order valence-corrected chi connectivity index (χ3v) is 3.92. The summed E-state index contributed by atoms with van der Waals surface area (Å²) in [7, 11) is 0. The van der Waals surface area contributed by atoms with Crippen LogP contribution in [0.1, 0.15) is 26.3 Å². The zero-order chi connectivity index (χ0) is 13.6. The summed E-state index contributed by atoms with van der Waals surface area (Å²) in [5, 5.41) is 15.5. The SMILES string of the molecule is CC(C)n1nc(N2CCC(O)C2)c2cnc(Br)cc21. The van der Waals surface area contributed by atoms with Crippen molar-refractivity contribution in [1.82, 2.24) is 14.8 Å². The summed E-state index contributed by atoms with van der Waals surface area (Å²) in [6.45, 7) is 5.73. The maximum atomic E-state index is 9.69. The lowest BCUT2D eigenvalue weighted by Gasteiger charge is -2.14. The van der Waals surface area contributed by atoms with Crippen LogP contribution in [-0.4, -0.2) is 39.1 Å². The van der Waals surface area contributed by atoms with E-state index in [1.807, 2.05) is 16.9 Å². The van der Waals surface area contributed by atoms with E-state index in [0.717, 1.165) is 34.3 Å². The quantitative estimate of drug-likeness (QED) is 0.861. The minimum Gasteiger partial charge on any atom is -0.391 e. The molecular weight excluding hydrogens is 308 g/mol. The van der Waals surface area contributed by atoms with Gasteiger partial charge in [0, 0.05) is 25.3 Å². The van der Waals surface area contributed by atoms with Crippen LogP contribution in [0.25, 0.3) is 10.9 Å². The number of fused-ring (bicyclic) bond motifs is 1. The van der Waals surface area contributed by atoms with Crippen molar-refractivity contribution >= 4 is 32.7 Å². The Balaban J connectivity index is 2.14. The van der Waals surface area contributed by atoms with Crippen molar-refractivity contribution in [3.05, 3.63) is 16.9 Å². The number of pyridine rings is 1. The number of nitrogens with zero attached hydrogens (tertiary/aromatic N) is 4. The standard InChI is InChI=1S/C13H17BrN4O/c1-8(2)18-11-5-12(14)15-6-10(11)13(16-18)17-4-3-9(19)7-17/h5-6,8-9,19H,3-4,7H2,1-2H3. The van der Waals surface area contributed by atoms with Crippen molar-refractivity contribution in [2.45, 2.75) is 32.4 Å². The summed E-state index contributed by atoms with van der Waals surface area (Å²) in [6, 6.07) is 2.29. The van der Waals surface area contributed by atoms with Crippen LogP contribution in [0.4, 0.5) is 5.82 Å². The Hall–Kier alpha value is -1.14. The molecule has 2 aromatic rings. The van der Waals surface area contributed by atoms with E-state index in [4.69, 9.17) is 5.10 Å².